The molecular weight excluding hydrogens is 260 g/mol. The lowest BCUT2D eigenvalue weighted by molar-refractivity contribution is -0.120. The summed E-state index contributed by atoms with van der Waals surface area (Å²) in [5.74, 6) is 0.963. The molecule has 3 nitrogen and oxygen atoms in total. The molecule has 0 aromatic carbocycles. The van der Waals surface area contributed by atoms with Gasteiger partial charge in [-0.1, -0.05) is 6.92 Å². The van der Waals surface area contributed by atoms with E-state index in [1.807, 2.05) is 7.11 Å². The zero-order valence-corrected chi connectivity index (χ0v) is 13.9. The van der Waals surface area contributed by atoms with Crippen LogP contribution in [0.4, 0.5) is 0 Å². The zero-order valence-electron chi connectivity index (χ0n) is 13.9. The van der Waals surface area contributed by atoms with Crippen molar-refractivity contribution in [2.75, 3.05) is 46.4 Å². The Hall–Kier alpha value is -0.120. The Kier molecular flexibility index (Phi) is 3.59. The van der Waals surface area contributed by atoms with Gasteiger partial charge in [0.25, 0.3) is 0 Å². The number of hydrogen-bond donors (Lipinski definition) is 0. The highest BCUT2D eigenvalue weighted by atomic mass is 16.5. The molecule has 2 saturated heterocycles. The van der Waals surface area contributed by atoms with E-state index in [1.165, 1.54) is 71.2 Å². The van der Waals surface area contributed by atoms with Gasteiger partial charge in [-0.15, -0.1) is 0 Å². The Morgan fingerprint density at radius 2 is 1.76 bits per heavy atom. The molecule has 2 aliphatic carbocycles. The largest absolute Gasteiger partial charge is 0.384 e. The van der Waals surface area contributed by atoms with E-state index in [0.717, 1.165) is 24.0 Å². The third-order valence-electron chi connectivity index (χ3n) is 6.76. The maximum atomic E-state index is 5.40. The number of methoxy groups -OCH3 is 1. The molecule has 2 aliphatic heterocycles. The van der Waals surface area contributed by atoms with Crippen LogP contribution in [0.15, 0.2) is 0 Å². The fraction of sp³-hybridized carbons (Fsp3) is 1.00. The quantitative estimate of drug-likeness (QED) is 0.775. The molecule has 4 aliphatic rings. The second kappa shape index (κ2) is 5.21. The molecule has 1 spiro atoms. The van der Waals surface area contributed by atoms with E-state index in [4.69, 9.17) is 4.74 Å². The van der Waals surface area contributed by atoms with E-state index in [9.17, 15) is 0 Å². The minimum atomic E-state index is 0.544. The fourth-order valence-corrected chi connectivity index (χ4v) is 5.17. The summed E-state index contributed by atoms with van der Waals surface area (Å²) in [6, 6.07) is 0.925. The highest BCUT2D eigenvalue weighted by molar-refractivity contribution is 5.09. The summed E-state index contributed by atoms with van der Waals surface area (Å²) in [5, 5.41) is 0. The predicted molar refractivity (Wildman–Crippen MR) is 85.4 cm³/mol. The molecule has 0 amide bonds. The molecular formula is C18H32N2O. The molecule has 0 aromatic heterocycles. The number of likely N-dealkylation sites (tertiary alicyclic amines) is 2. The number of rotatable bonds is 5. The summed E-state index contributed by atoms with van der Waals surface area (Å²) in [4.78, 5) is 5.50. The van der Waals surface area contributed by atoms with Gasteiger partial charge in [-0.25, -0.2) is 0 Å². The maximum Gasteiger partial charge on any atom is 0.0530 e. The van der Waals surface area contributed by atoms with Gasteiger partial charge in [0.05, 0.1) is 6.61 Å². The molecule has 0 N–H and O–H groups in total. The van der Waals surface area contributed by atoms with E-state index in [1.54, 1.807) is 0 Å². The molecule has 0 aromatic rings. The summed E-state index contributed by atoms with van der Waals surface area (Å²) < 4.78 is 5.40. The van der Waals surface area contributed by atoms with Crippen molar-refractivity contribution in [1.29, 1.82) is 0 Å². The van der Waals surface area contributed by atoms with Crippen LogP contribution in [-0.2, 0) is 4.74 Å². The maximum absolute atomic E-state index is 5.40. The van der Waals surface area contributed by atoms with E-state index in [2.05, 4.69) is 16.7 Å². The van der Waals surface area contributed by atoms with Crippen LogP contribution in [-0.4, -0.2) is 62.3 Å². The Labute approximate surface area is 130 Å². The lowest BCUT2D eigenvalue weighted by Gasteiger charge is -2.62. The zero-order chi connectivity index (χ0) is 14.5. The average Bonchev–Trinajstić information content (AvgIpc) is 3.13. The van der Waals surface area contributed by atoms with Crippen LogP contribution in [0.2, 0.25) is 0 Å². The van der Waals surface area contributed by atoms with Crippen LogP contribution >= 0.6 is 0 Å². The van der Waals surface area contributed by atoms with Crippen LogP contribution in [0, 0.1) is 16.7 Å². The number of hydrogen-bond acceptors (Lipinski definition) is 3. The minimum Gasteiger partial charge on any atom is -0.384 e. The van der Waals surface area contributed by atoms with Crippen molar-refractivity contribution >= 4 is 0 Å². The summed E-state index contributed by atoms with van der Waals surface area (Å²) in [6.07, 6.45) is 8.59. The van der Waals surface area contributed by atoms with Crippen molar-refractivity contribution in [2.45, 2.75) is 51.5 Å². The molecule has 0 bridgehead atoms. The van der Waals surface area contributed by atoms with Crippen LogP contribution in [0.25, 0.3) is 0 Å². The first-order chi connectivity index (χ1) is 10.1. The fourth-order valence-electron chi connectivity index (χ4n) is 5.17. The van der Waals surface area contributed by atoms with Crippen LogP contribution < -0.4 is 0 Å². The van der Waals surface area contributed by atoms with Gasteiger partial charge in [-0.05, 0) is 62.9 Å². The van der Waals surface area contributed by atoms with Gasteiger partial charge < -0.3 is 14.5 Å². The first kappa shape index (κ1) is 14.5. The van der Waals surface area contributed by atoms with E-state index < -0.39 is 0 Å². The lowest BCUT2D eigenvalue weighted by atomic mass is 9.60. The highest BCUT2D eigenvalue weighted by Crippen LogP contribution is 2.54. The van der Waals surface area contributed by atoms with E-state index >= 15 is 0 Å². The van der Waals surface area contributed by atoms with Crippen molar-refractivity contribution in [3.05, 3.63) is 0 Å². The molecule has 4 rings (SSSR count). The highest BCUT2D eigenvalue weighted by Gasteiger charge is 2.56. The number of ether oxygens (including phenoxy) is 1. The molecule has 0 unspecified atom stereocenters. The van der Waals surface area contributed by atoms with Gasteiger partial charge in [0.2, 0.25) is 0 Å². The lowest BCUT2D eigenvalue weighted by Crippen LogP contribution is -2.67. The molecule has 120 valence electrons. The minimum absolute atomic E-state index is 0.544. The third-order valence-corrected chi connectivity index (χ3v) is 6.76. The topological polar surface area (TPSA) is 15.7 Å². The number of nitrogens with zero attached hydrogens (tertiary/aromatic N) is 2. The van der Waals surface area contributed by atoms with Crippen LogP contribution in [0.5, 0.6) is 0 Å². The van der Waals surface area contributed by atoms with E-state index in [0.29, 0.717) is 5.41 Å². The summed E-state index contributed by atoms with van der Waals surface area (Å²) >= 11 is 0. The Balaban J connectivity index is 1.19. The van der Waals surface area contributed by atoms with Gasteiger partial charge in [0.1, 0.15) is 0 Å². The van der Waals surface area contributed by atoms with Gasteiger partial charge >= 0.3 is 0 Å². The normalized spacial score (nSPS) is 32.9. The molecule has 3 heteroatoms. The Morgan fingerprint density at radius 3 is 2.33 bits per heavy atom. The van der Waals surface area contributed by atoms with Crippen LogP contribution in [0.1, 0.15) is 45.4 Å². The molecule has 0 atom stereocenters. The van der Waals surface area contributed by atoms with Gasteiger partial charge in [-0.2, -0.15) is 0 Å². The van der Waals surface area contributed by atoms with E-state index in [-0.39, 0.29) is 0 Å². The number of piperidine rings is 1. The second-order valence-electron chi connectivity index (χ2n) is 8.86. The molecule has 4 fully saturated rings. The molecule has 0 radical (unpaired) electrons. The first-order valence-electron chi connectivity index (χ1n) is 9.08. The van der Waals surface area contributed by atoms with Crippen molar-refractivity contribution in [3.8, 4) is 0 Å². The third kappa shape index (κ3) is 2.77. The average molecular weight is 292 g/mol. The summed E-state index contributed by atoms with van der Waals surface area (Å²) in [7, 11) is 1.85. The smallest absolute Gasteiger partial charge is 0.0530 e. The van der Waals surface area contributed by atoms with Crippen molar-refractivity contribution in [3.63, 3.8) is 0 Å². The first-order valence-corrected chi connectivity index (χ1v) is 9.08. The monoisotopic (exact) mass is 292 g/mol. The Bertz CT molecular complexity index is 371. The van der Waals surface area contributed by atoms with Crippen LogP contribution in [0.3, 0.4) is 0 Å². The molecule has 2 heterocycles. The Morgan fingerprint density at radius 1 is 1.10 bits per heavy atom. The van der Waals surface area contributed by atoms with Crippen molar-refractivity contribution in [1.82, 2.24) is 9.80 Å². The van der Waals surface area contributed by atoms with Gasteiger partial charge in [-0.3, -0.25) is 0 Å². The van der Waals surface area contributed by atoms with Crippen molar-refractivity contribution in [2.24, 2.45) is 16.7 Å². The summed E-state index contributed by atoms with van der Waals surface area (Å²) in [6.45, 7) is 10.2. The molecule has 2 saturated carbocycles. The summed E-state index contributed by atoms with van der Waals surface area (Å²) in [5.41, 5.74) is 1.26. The predicted octanol–water partition coefficient (Wildman–Crippen LogP) is 2.61. The second-order valence-corrected chi connectivity index (χ2v) is 8.86. The van der Waals surface area contributed by atoms with Gasteiger partial charge in [0.15, 0.2) is 0 Å². The SMILES string of the molecule is COCC1(CN2CC3(CC(N4CCC(C)CC4)C3)C2)CC1. The van der Waals surface area contributed by atoms with Gasteiger partial charge in [0, 0.05) is 38.2 Å². The standard InChI is InChI=1S/C18H32N2O/c1-15-3-7-20(8-4-15)16-9-18(10-16)12-19(13-18)11-17(5-6-17)14-21-2/h15-16H,3-14H2,1-2H3. The van der Waals surface area contributed by atoms with Crippen molar-refractivity contribution < 1.29 is 4.74 Å². The molecule has 21 heavy (non-hydrogen) atoms.